The zero-order valence-electron chi connectivity index (χ0n) is 11.6. The highest BCUT2D eigenvalue weighted by Crippen LogP contribution is 2.14. The van der Waals surface area contributed by atoms with Crippen molar-refractivity contribution in [3.8, 4) is 0 Å². The van der Waals surface area contributed by atoms with E-state index in [9.17, 15) is 4.79 Å². The minimum Gasteiger partial charge on any atom is -0.297 e. The van der Waals surface area contributed by atoms with Gasteiger partial charge >= 0.3 is 0 Å². The summed E-state index contributed by atoms with van der Waals surface area (Å²) in [7, 11) is 2.00. The van der Waals surface area contributed by atoms with Gasteiger partial charge in [-0.2, -0.15) is 0 Å². The molecule has 0 spiro atoms. The first-order valence-electron chi connectivity index (χ1n) is 6.42. The Kier molecular flexibility index (Phi) is 5.83. The van der Waals surface area contributed by atoms with Crippen molar-refractivity contribution >= 4 is 17.4 Å². The molecule has 1 atom stereocenters. The number of carbonyl (C=O) groups is 1. The van der Waals surface area contributed by atoms with Crippen LogP contribution in [0.5, 0.6) is 0 Å². The number of hydrogen-bond donors (Lipinski definition) is 0. The van der Waals surface area contributed by atoms with Gasteiger partial charge in [0.1, 0.15) is 0 Å². The van der Waals surface area contributed by atoms with Crippen LogP contribution in [0.2, 0.25) is 5.02 Å². The van der Waals surface area contributed by atoms with Crippen LogP contribution >= 0.6 is 11.6 Å². The molecular weight excluding hydrogens is 246 g/mol. The Morgan fingerprint density at radius 2 is 2.00 bits per heavy atom. The quantitative estimate of drug-likeness (QED) is 0.729. The SMILES string of the molecule is CC(C)CCN(C)C(C)C(=O)c1cccc(Cl)c1. The molecule has 2 nitrogen and oxygen atoms in total. The maximum atomic E-state index is 12.3. The van der Waals surface area contributed by atoms with Crippen molar-refractivity contribution in [1.29, 1.82) is 0 Å². The lowest BCUT2D eigenvalue weighted by atomic mass is 10.0. The van der Waals surface area contributed by atoms with Gasteiger partial charge in [-0.15, -0.1) is 0 Å². The van der Waals surface area contributed by atoms with Crippen LogP contribution in [0, 0.1) is 5.92 Å². The number of Topliss-reactive ketones (excluding diaryl/α,β-unsaturated/α-hetero) is 1. The second kappa shape index (κ2) is 6.91. The number of benzene rings is 1. The van der Waals surface area contributed by atoms with E-state index in [1.165, 1.54) is 0 Å². The van der Waals surface area contributed by atoms with Crippen molar-refractivity contribution in [2.45, 2.75) is 33.2 Å². The largest absolute Gasteiger partial charge is 0.297 e. The molecule has 0 amide bonds. The zero-order valence-corrected chi connectivity index (χ0v) is 12.4. The number of ketones is 1. The van der Waals surface area contributed by atoms with Crippen LogP contribution < -0.4 is 0 Å². The molecule has 0 radical (unpaired) electrons. The van der Waals surface area contributed by atoms with Crippen LogP contribution in [0.15, 0.2) is 24.3 Å². The van der Waals surface area contributed by atoms with Crippen LogP contribution in [-0.4, -0.2) is 30.3 Å². The Bertz CT molecular complexity index is 403. The van der Waals surface area contributed by atoms with Gasteiger partial charge in [0.25, 0.3) is 0 Å². The van der Waals surface area contributed by atoms with Crippen molar-refractivity contribution < 1.29 is 4.79 Å². The standard InChI is InChI=1S/C15H22ClNO/c1-11(2)8-9-17(4)12(3)15(18)13-6-5-7-14(16)10-13/h5-7,10-12H,8-9H2,1-4H3. The minimum atomic E-state index is -0.109. The van der Waals surface area contributed by atoms with Crippen molar-refractivity contribution in [1.82, 2.24) is 4.90 Å². The first-order chi connectivity index (χ1) is 8.41. The third kappa shape index (κ3) is 4.43. The number of carbonyl (C=O) groups excluding carboxylic acids is 1. The molecule has 0 aliphatic carbocycles. The number of likely N-dealkylation sites (N-methyl/N-ethyl adjacent to an activating group) is 1. The molecule has 0 aliphatic rings. The van der Waals surface area contributed by atoms with Gasteiger partial charge in [-0.1, -0.05) is 37.6 Å². The average Bonchev–Trinajstić information content (AvgIpc) is 2.34. The van der Waals surface area contributed by atoms with Crippen LogP contribution in [0.25, 0.3) is 0 Å². The van der Waals surface area contributed by atoms with Gasteiger partial charge in [0.15, 0.2) is 5.78 Å². The Morgan fingerprint density at radius 3 is 2.56 bits per heavy atom. The topological polar surface area (TPSA) is 20.3 Å². The summed E-state index contributed by atoms with van der Waals surface area (Å²) in [6, 6.07) is 7.04. The van der Waals surface area contributed by atoms with Crippen molar-refractivity contribution in [3.05, 3.63) is 34.9 Å². The van der Waals surface area contributed by atoms with Crippen molar-refractivity contribution in [3.63, 3.8) is 0 Å². The lowest BCUT2D eigenvalue weighted by Crippen LogP contribution is -2.37. The molecule has 0 heterocycles. The summed E-state index contributed by atoms with van der Waals surface area (Å²) >= 11 is 5.91. The van der Waals surface area contributed by atoms with E-state index in [2.05, 4.69) is 18.7 Å². The molecular formula is C15H22ClNO. The molecule has 0 N–H and O–H groups in total. The molecule has 3 heteroatoms. The van der Waals surface area contributed by atoms with E-state index >= 15 is 0 Å². The van der Waals surface area contributed by atoms with Crippen molar-refractivity contribution in [2.75, 3.05) is 13.6 Å². The third-order valence-corrected chi connectivity index (χ3v) is 3.44. The molecule has 1 aromatic rings. The molecule has 1 unspecified atom stereocenters. The highest BCUT2D eigenvalue weighted by atomic mass is 35.5. The molecule has 0 saturated carbocycles. The molecule has 0 aliphatic heterocycles. The normalized spacial score (nSPS) is 13.1. The minimum absolute atomic E-state index is 0.109. The van der Waals surface area contributed by atoms with E-state index in [1.807, 2.05) is 26.1 Å². The molecule has 0 aromatic heterocycles. The predicted octanol–water partition coefficient (Wildman–Crippen LogP) is 3.89. The predicted molar refractivity (Wildman–Crippen MR) is 77.3 cm³/mol. The highest BCUT2D eigenvalue weighted by molar-refractivity contribution is 6.31. The number of hydrogen-bond acceptors (Lipinski definition) is 2. The number of halogens is 1. The Labute approximate surface area is 115 Å². The molecule has 0 fully saturated rings. The summed E-state index contributed by atoms with van der Waals surface area (Å²) in [5, 5.41) is 0.609. The summed E-state index contributed by atoms with van der Waals surface area (Å²) in [5.74, 6) is 0.782. The second-order valence-electron chi connectivity index (χ2n) is 5.21. The van der Waals surface area contributed by atoms with Gasteiger partial charge in [-0.3, -0.25) is 9.69 Å². The van der Waals surface area contributed by atoms with Crippen LogP contribution in [-0.2, 0) is 0 Å². The number of nitrogens with zero attached hydrogens (tertiary/aromatic N) is 1. The summed E-state index contributed by atoms with van der Waals surface area (Å²) in [5.41, 5.74) is 0.686. The van der Waals surface area contributed by atoms with Crippen LogP contribution in [0.1, 0.15) is 37.6 Å². The van der Waals surface area contributed by atoms with Gasteiger partial charge in [0.05, 0.1) is 6.04 Å². The Hall–Kier alpha value is -0.860. The van der Waals surface area contributed by atoms with E-state index in [-0.39, 0.29) is 11.8 Å². The second-order valence-corrected chi connectivity index (χ2v) is 5.65. The summed E-state index contributed by atoms with van der Waals surface area (Å²) in [4.78, 5) is 14.4. The van der Waals surface area contributed by atoms with Crippen molar-refractivity contribution in [2.24, 2.45) is 5.92 Å². The van der Waals surface area contributed by atoms with Gasteiger partial charge < -0.3 is 0 Å². The summed E-state index contributed by atoms with van der Waals surface area (Å²) in [6.07, 6.45) is 1.10. The molecule has 0 saturated heterocycles. The summed E-state index contributed by atoms with van der Waals surface area (Å²) in [6.45, 7) is 7.27. The van der Waals surface area contributed by atoms with Gasteiger partial charge in [-0.05, 0) is 45.0 Å². The van der Waals surface area contributed by atoms with E-state index in [0.29, 0.717) is 16.5 Å². The Morgan fingerprint density at radius 1 is 1.33 bits per heavy atom. The monoisotopic (exact) mass is 267 g/mol. The van der Waals surface area contributed by atoms with E-state index in [0.717, 1.165) is 13.0 Å². The molecule has 100 valence electrons. The maximum absolute atomic E-state index is 12.3. The first kappa shape index (κ1) is 15.2. The van der Waals surface area contributed by atoms with Gasteiger partial charge in [0, 0.05) is 10.6 Å². The third-order valence-electron chi connectivity index (χ3n) is 3.21. The molecule has 1 aromatic carbocycles. The fourth-order valence-corrected chi connectivity index (χ4v) is 1.93. The van der Waals surface area contributed by atoms with E-state index in [1.54, 1.807) is 12.1 Å². The average molecular weight is 268 g/mol. The highest BCUT2D eigenvalue weighted by Gasteiger charge is 2.19. The van der Waals surface area contributed by atoms with E-state index in [4.69, 9.17) is 11.6 Å². The maximum Gasteiger partial charge on any atom is 0.179 e. The van der Waals surface area contributed by atoms with Gasteiger partial charge in [0.2, 0.25) is 0 Å². The van der Waals surface area contributed by atoms with E-state index < -0.39 is 0 Å². The van der Waals surface area contributed by atoms with Crippen LogP contribution in [0.3, 0.4) is 0 Å². The lowest BCUT2D eigenvalue weighted by molar-refractivity contribution is 0.0864. The molecule has 0 bridgehead atoms. The molecule has 1 rings (SSSR count). The Balaban J connectivity index is 2.66. The fraction of sp³-hybridized carbons (Fsp3) is 0.533. The fourth-order valence-electron chi connectivity index (χ4n) is 1.74. The van der Waals surface area contributed by atoms with Crippen LogP contribution in [0.4, 0.5) is 0 Å². The lowest BCUT2D eigenvalue weighted by Gasteiger charge is -2.24. The number of rotatable bonds is 6. The summed E-state index contributed by atoms with van der Waals surface area (Å²) < 4.78 is 0. The van der Waals surface area contributed by atoms with Gasteiger partial charge in [-0.25, -0.2) is 0 Å². The zero-order chi connectivity index (χ0) is 13.7. The molecule has 18 heavy (non-hydrogen) atoms. The first-order valence-corrected chi connectivity index (χ1v) is 6.79. The smallest absolute Gasteiger partial charge is 0.179 e.